The summed E-state index contributed by atoms with van der Waals surface area (Å²) >= 11 is 5.98. The molecule has 0 spiro atoms. The van der Waals surface area contributed by atoms with Crippen LogP contribution in [0.1, 0.15) is 56.9 Å². The van der Waals surface area contributed by atoms with E-state index in [0.717, 1.165) is 33.3 Å². The maximum atomic E-state index is 5.98. The maximum Gasteiger partial charge on any atom is 0.113 e. The summed E-state index contributed by atoms with van der Waals surface area (Å²) in [7, 11) is 0. The average Bonchev–Trinajstić information content (AvgIpc) is 3.68. The Kier molecular flexibility index (Phi) is 8.22. The number of aromatic nitrogens is 1. The van der Waals surface area contributed by atoms with Crippen molar-refractivity contribution in [1.82, 2.24) is 9.88 Å². The van der Waals surface area contributed by atoms with Crippen LogP contribution in [0.5, 0.6) is 0 Å². The molecule has 3 heteroatoms. The van der Waals surface area contributed by atoms with E-state index in [1.54, 1.807) is 0 Å². The molecule has 1 unspecified atom stereocenters. The van der Waals surface area contributed by atoms with Crippen LogP contribution in [-0.4, -0.2) is 29.0 Å². The summed E-state index contributed by atoms with van der Waals surface area (Å²) in [5, 5.41) is 0.734. The molecule has 0 amide bonds. The Balaban J connectivity index is 1.39. The van der Waals surface area contributed by atoms with E-state index in [-0.39, 0.29) is 0 Å². The Hall–Kier alpha value is -2.86. The van der Waals surface area contributed by atoms with Crippen molar-refractivity contribution in [2.45, 2.75) is 46.1 Å². The molecule has 0 bridgehead atoms. The second-order valence-electron chi connectivity index (χ2n) is 9.29. The lowest BCUT2D eigenvalue weighted by molar-refractivity contribution is 0.232. The third-order valence-corrected chi connectivity index (χ3v) is 6.64. The highest BCUT2D eigenvalue weighted by molar-refractivity contribution is 6.30. The molecule has 1 aromatic heterocycles. The van der Waals surface area contributed by atoms with Gasteiger partial charge in [-0.3, -0.25) is 4.90 Å². The number of hydrogen-bond acceptors (Lipinski definition) is 2. The van der Waals surface area contributed by atoms with Gasteiger partial charge in [0.15, 0.2) is 0 Å². The third-order valence-electron chi connectivity index (χ3n) is 6.38. The zero-order chi connectivity index (χ0) is 23.9. The Morgan fingerprint density at radius 2 is 1.74 bits per heavy atom. The molecule has 1 heterocycles. The van der Waals surface area contributed by atoms with Gasteiger partial charge in [-0.2, -0.15) is 0 Å². The van der Waals surface area contributed by atoms with Gasteiger partial charge in [0.2, 0.25) is 0 Å². The van der Waals surface area contributed by atoms with Crippen LogP contribution >= 0.6 is 11.6 Å². The first kappa shape index (κ1) is 24.3. The predicted molar refractivity (Wildman–Crippen MR) is 145 cm³/mol. The van der Waals surface area contributed by atoms with Gasteiger partial charge in [-0.05, 0) is 98.5 Å². The highest BCUT2D eigenvalue weighted by atomic mass is 35.5. The quantitative estimate of drug-likeness (QED) is 0.314. The molecule has 0 aliphatic heterocycles. The van der Waals surface area contributed by atoms with Crippen molar-refractivity contribution < 1.29 is 0 Å². The molecule has 0 radical (unpaired) electrons. The number of nitrogens with zero attached hydrogens (tertiary/aromatic N) is 2. The van der Waals surface area contributed by atoms with Gasteiger partial charge in [0.25, 0.3) is 0 Å². The lowest BCUT2D eigenvalue weighted by Crippen LogP contribution is -2.34. The van der Waals surface area contributed by atoms with Crippen LogP contribution in [0.25, 0.3) is 16.7 Å². The molecule has 1 aliphatic carbocycles. The smallest absolute Gasteiger partial charge is 0.113 e. The van der Waals surface area contributed by atoms with E-state index < -0.39 is 0 Å². The molecule has 1 aliphatic rings. The van der Waals surface area contributed by atoms with Crippen molar-refractivity contribution in [2.24, 2.45) is 5.92 Å². The fourth-order valence-electron chi connectivity index (χ4n) is 4.18. The summed E-state index contributed by atoms with van der Waals surface area (Å²) in [5.41, 5.74) is 6.48. The number of benzene rings is 2. The van der Waals surface area contributed by atoms with E-state index in [2.05, 4.69) is 72.8 Å². The molecule has 1 saturated carbocycles. The molecule has 2 nitrogen and oxygen atoms in total. The molecular formula is C31H33ClN2. The summed E-state index contributed by atoms with van der Waals surface area (Å²) < 4.78 is 0. The first-order chi connectivity index (χ1) is 16.5. The van der Waals surface area contributed by atoms with Crippen molar-refractivity contribution in [2.75, 3.05) is 13.1 Å². The highest BCUT2D eigenvalue weighted by Gasteiger charge is 2.25. The average molecular weight is 469 g/mol. The minimum Gasteiger partial charge on any atom is -0.297 e. The lowest BCUT2D eigenvalue weighted by Gasteiger charge is -2.27. The molecule has 2 aromatic carbocycles. The van der Waals surface area contributed by atoms with E-state index in [4.69, 9.17) is 11.6 Å². The fourth-order valence-corrected chi connectivity index (χ4v) is 4.30. The van der Waals surface area contributed by atoms with Crippen molar-refractivity contribution in [3.05, 3.63) is 94.8 Å². The second kappa shape index (κ2) is 11.5. The third kappa shape index (κ3) is 6.83. The normalized spacial score (nSPS) is 14.6. The van der Waals surface area contributed by atoms with Gasteiger partial charge in [0, 0.05) is 34.9 Å². The summed E-state index contributed by atoms with van der Waals surface area (Å²) in [6, 6.07) is 20.8. The van der Waals surface area contributed by atoms with Crippen molar-refractivity contribution >= 4 is 17.2 Å². The second-order valence-corrected chi connectivity index (χ2v) is 9.73. The molecule has 0 N–H and O–H groups in total. The summed E-state index contributed by atoms with van der Waals surface area (Å²) in [6.45, 7) is 9.22. The van der Waals surface area contributed by atoms with Crippen LogP contribution in [0.4, 0.5) is 0 Å². The molecular weight excluding hydrogens is 436 g/mol. The summed E-state index contributed by atoms with van der Waals surface area (Å²) in [5.74, 6) is 7.34. The lowest BCUT2D eigenvalue weighted by atomic mass is 10.0. The molecule has 1 fully saturated rings. The van der Waals surface area contributed by atoms with Crippen LogP contribution in [0.15, 0.2) is 72.9 Å². The zero-order valence-corrected chi connectivity index (χ0v) is 21.1. The maximum absolute atomic E-state index is 5.98. The van der Waals surface area contributed by atoms with Crippen LogP contribution in [0.2, 0.25) is 5.02 Å². The topological polar surface area (TPSA) is 16.1 Å². The van der Waals surface area contributed by atoms with Gasteiger partial charge in [0.1, 0.15) is 5.69 Å². The van der Waals surface area contributed by atoms with Gasteiger partial charge >= 0.3 is 0 Å². The molecule has 4 rings (SSSR count). The summed E-state index contributed by atoms with van der Waals surface area (Å²) in [6.07, 6.45) is 8.28. The highest BCUT2D eigenvalue weighted by Crippen LogP contribution is 2.31. The zero-order valence-electron chi connectivity index (χ0n) is 20.4. The number of pyridine rings is 1. The van der Waals surface area contributed by atoms with Gasteiger partial charge in [0.05, 0.1) is 0 Å². The van der Waals surface area contributed by atoms with Gasteiger partial charge in [-0.25, -0.2) is 4.98 Å². The predicted octanol–water partition coefficient (Wildman–Crippen LogP) is 7.72. The molecule has 3 aromatic rings. The van der Waals surface area contributed by atoms with Crippen LogP contribution in [-0.2, 0) is 0 Å². The van der Waals surface area contributed by atoms with Gasteiger partial charge in [-0.1, -0.05) is 60.9 Å². The largest absolute Gasteiger partial charge is 0.297 e. The number of rotatable bonds is 8. The first-order valence-corrected chi connectivity index (χ1v) is 12.7. The van der Waals surface area contributed by atoms with E-state index >= 15 is 0 Å². The molecule has 174 valence electrons. The van der Waals surface area contributed by atoms with Gasteiger partial charge < -0.3 is 0 Å². The molecule has 0 saturated heterocycles. The number of allylic oxidation sites excluding steroid dienone is 1. The van der Waals surface area contributed by atoms with Gasteiger partial charge in [-0.15, -0.1) is 0 Å². The Bertz CT molecular complexity index is 1160. The minimum atomic E-state index is 0.460. The Morgan fingerprint density at radius 3 is 2.35 bits per heavy atom. The SMILES string of the molecule is CCCN(CC1CC1)C(C)/C=C(\C)c1ccc(C#Cc2ccc(-c3ccc(Cl)cc3)cn2)cc1. The fraction of sp³-hybridized carbons (Fsp3) is 0.323. The van der Waals surface area contributed by atoms with Crippen LogP contribution in [0, 0.1) is 17.8 Å². The van der Waals surface area contributed by atoms with Crippen molar-refractivity contribution in [3.63, 3.8) is 0 Å². The van der Waals surface area contributed by atoms with Crippen molar-refractivity contribution in [1.29, 1.82) is 0 Å². The first-order valence-electron chi connectivity index (χ1n) is 12.3. The molecule has 34 heavy (non-hydrogen) atoms. The van der Waals surface area contributed by atoms with E-state index in [0.29, 0.717) is 6.04 Å². The summed E-state index contributed by atoms with van der Waals surface area (Å²) in [4.78, 5) is 7.14. The standard InChI is InChI=1S/C31H33ClN2/c1-4-19-34(22-26-5-6-26)24(3)20-23(2)27-10-7-25(8-11-27)9-17-31-18-14-29(21-33-31)28-12-15-30(32)16-13-28/h7-8,10-16,18,20-21,24,26H,4-6,19,22H2,1-3H3/b23-20+. The van der Waals surface area contributed by atoms with E-state index in [1.807, 2.05) is 42.6 Å². The van der Waals surface area contributed by atoms with E-state index in [9.17, 15) is 0 Å². The van der Waals surface area contributed by atoms with E-state index in [1.165, 1.54) is 43.5 Å². The van der Waals surface area contributed by atoms with Crippen LogP contribution in [0.3, 0.4) is 0 Å². The Morgan fingerprint density at radius 1 is 1.03 bits per heavy atom. The number of hydrogen-bond donors (Lipinski definition) is 0. The number of halogens is 1. The molecule has 1 atom stereocenters. The van der Waals surface area contributed by atoms with Crippen molar-refractivity contribution in [3.8, 4) is 23.0 Å². The minimum absolute atomic E-state index is 0.460. The van der Waals surface area contributed by atoms with Crippen LogP contribution < -0.4 is 0 Å². The Labute approximate surface area is 209 Å². The monoisotopic (exact) mass is 468 g/mol.